The SMILES string of the molecule is COC(=O)c1ccc(CN2C(=O)NC(=Cc3c(OCc4ccccc4)ccc4ccccc34)C2=O)o1. The highest BCUT2D eigenvalue weighted by molar-refractivity contribution is 6.14. The number of furan rings is 1. The van der Waals surface area contributed by atoms with Crippen molar-refractivity contribution in [1.29, 1.82) is 0 Å². The second kappa shape index (κ2) is 9.79. The number of nitrogens with zero attached hydrogens (tertiary/aromatic N) is 1. The van der Waals surface area contributed by atoms with Crippen LogP contribution in [0.15, 0.2) is 89.0 Å². The number of methoxy groups -OCH3 is 1. The van der Waals surface area contributed by atoms with E-state index in [2.05, 4.69) is 10.1 Å². The summed E-state index contributed by atoms with van der Waals surface area (Å²) in [5, 5.41) is 4.49. The first-order valence-electron chi connectivity index (χ1n) is 11.2. The zero-order chi connectivity index (χ0) is 25.1. The second-order valence-electron chi connectivity index (χ2n) is 8.11. The van der Waals surface area contributed by atoms with Gasteiger partial charge in [-0.2, -0.15) is 0 Å². The van der Waals surface area contributed by atoms with Crippen molar-refractivity contribution in [2.45, 2.75) is 13.2 Å². The first-order valence-corrected chi connectivity index (χ1v) is 11.2. The fourth-order valence-corrected chi connectivity index (χ4v) is 3.97. The number of carbonyl (C=O) groups excluding carboxylic acids is 3. The zero-order valence-corrected chi connectivity index (χ0v) is 19.4. The molecule has 0 unspecified atom stereocenters. The molecule has 0 radical (unpaired) electrons. The molecule has 2 heterocycles. The summed E-state index contributed by atoms with van der Waals surface area (Å²) < 4.78 is 16.2. The highest BCUT2D eigenvalue weighted by Crippen LogP contribution is 2.32. The summed E-state index contributed by atoms with van der Waals surface area (Å²) in [7, 11) is 1.24. The molecule has 0 atom stereocenters. The van der Waals surface area contributed by atoms with Gasteiger partial charge in [-0.3, -0.25) is 9.69 Å². The second-order valence-corrected chi connectivity index (χ2v) is 8.11. The fourth-order valence-electron chi connectivity index (χ4n) is 3.97. The van der Waals surface area contributed by atoms with Gasteiger partial charge in [-0.05, 0) is 40.6 Å². The molecule has 8 heteroatoms. The maximum absolute atomic E-state index is 13.1. The van der Waals surface area contributed by atoms with Crippen molar-refractivity contribution in [3.8, 4) is 5.75 Å². The summed E-state index contributed by atoms with van der Waals surface area (Å²) in [5.41, 5.74) is 1.80. The number of esters is 1. The van der Waals surface area contributed by atoms with Gasteiger partial charge in [-0.15, -0.1) is 0 Å². The molecule has 36 heavy (non-hydrogen) atoms. The van der Waals surface area contributed by atoms with E-state index < -0.39 is 17.9 Å². The van der Waals surface area contributed by atoms with Gasteiger partial charge in [-0.25, -0.2) is 9.59 Å². The number of ether oxygens (including phenoxy) is 2. The van der Waals surface area contributed by atoms with Crippen molar-refractivity contribution < 1.29 is 28.3 Å². The van der Waals surface area contributed by atoms with Gasteiger partial charge in [0.2, 0.25) is 5.76 Å². The molecule has 0 spiro atoms. The number of hydrogen-bond acceptors (Lipinski definition) is 6. The van der Waals surface area contributed by atoms with Gasteiger partial charge in [0, 0.05) is 5.56 Å². The molecule has 1 fully saturated rings. The molecule has 3 aromatic carbocycles. The maximum atomic E-state index is 13.1. The molecule has 1 N–H and O–H groups in total. The van der Waals surface area contributed by atoms with Crippen LogP contribution in [0.4, 0.5) is 4.79 Å². The largest absolute Gasteiger partial charge is 0.488 e. The summed E-state index contributed by atoms with van der Waals surface area (Å²) in [5.74, 6) is -0.307. The van der Waals surface area contributed by atoms with Crippen LogP contribution in [0.1, 0.15) is 27.4 Å². The molecular weight excluding hydrogens is 460 g/mol. The minimum absolute atomic E-state index is 0.00807. The average Bonchev–Trinajstić information content (AvgIpc) is 3.48. The molecule has 1 aliphatic rings. The van der Waals surface area contributed by atoms with Gasteiger partial charge >= 0.3 is 12.0 Å². The normalized spacial score (nSPS) is 14.4. The predicted molar refractivity (Wildman–Crippen MR) is 132 cm³/mol. The molecule has 180 valence electrons. The van der Waals surface area contributed by atoms with Crippen LogP contribution in [0, 0.1) is 0 Å². The third-order valence-electron chi connectivity index (χ3n) is 5.78. The Hall–Kier alpha value is -4.85. The van der Waals surface area contributed by atoms with Crippen LogP contribution >= 0.6 is 0 Å². The van der Waals surface area contributed by atoms with Crippen molar-refractivity contribution in [3.63, 3.8) is 0 Å². The first-order chi connectivity index (χ1) is 17.5. The maximum Gasteiger partial charge on any atom is 0.373 e. The highest BCUT2D eigenvalue weighted by Gasteiger charge is 2.34. The van der Waals surface area contributed by atoms with Crippen molar-refractivity contribution in [1.82, 2.24) is 10.2 Å². The monoisotopic (exact) mass is 482 g/mol. The third-order valence-corrected chi connectivity index (χ3v) is 5.78. The van der Waals surface area contributed by atoms with Gasteiger partial charge in [-0.1, -0.05) is 60.7 Å². The zero-order valence-electron chi connectivity index (χ0n) is 19.4. The van der Waals surface area contributed by atoms with Crippen LogP contribution in [-0.4, -0.2) is 29.9 Å². The Morgan fingerprint density at radius 3 is 2.56 bits per heavy atom. The number of amides is 3. The van der Waals surface area contributed by atoms with Crippen LogP contribution in [0.3, 0.4) is 0 Å². The molecule has 8 nitrogen and oxygen atoms in total. The Labute approximate surface area is 206 Å². The van der Waals surface area contributed by atoms with Crippen LogP contribution in [0.5, 0.6) is 5.75 Å². The molecule has 1 aromatic heterocycles. The minimum Gasteiger partial charge on any atom is -0.488 e. The first kappa shape index (κ1) is 22.9. The number of urea groups is 1. The molecule has 0 bridgehead atoms. The number of imide groups is 1. The van der Waals surface area contributed by atoms with Gasteiger partial charge in [0.1, 0.15) is 23.8 Å². The molecular formula is C28H22N2O6. The van der Waals surface area contributed by atoms with Crippen LogP contribution < -0.4 is 10.1 Å². The molecule has 1 saturated heterocycles. The van der Waals surface area contributed by atoms with E-state index in [0.717, 1.165) is 21.2 Å². The Kier molecular flexibility index (Phi) is 6.23. The smallest absolute Gasteiger partial charge is 0.373 e. The highest BCUT2D eigenvalue weighted by atomic mass is 16.5. The number of rotatable bonds is 7. The quantitative estimate of drug-likeness (QED) is 0.229. The van der Waals surface area contributed by atoms with E-state index in [1.807, 2.05) is 66.7 Å². The van der Waals surface area contributed by atoms with Gasteiger partial charge < -0.3 is 19.2 Å². The van der Waals surface area contributed by atoms with Gasteiger partial charge in [0.05, 0.1) is 13.7 Å². The van der Waals surface area contributed by atoms with Crippen molar-refractivity contribution in [2.75, 3.05) is 7.11 Å². The summed E-state index contributed by atoms with van der Waals surface area (Å²) in [6, 6.07) is 23.7. The molecule has 0 saturated carbocycles. The molecule has 3 amide bonds. The van der Waals surface area contributed by atoms with Crippen LogP contribution in [0.2, 0.25) is 0 Å². The lowest BCUT2D eigenvalue weighted by Gasteiger charge is -2.13. The summed E-state index contributed by atoms with van der Waals surface area (Å²) >= 11 is 0. The lowest BCUT2D eigenvalue weighted by atomic mass is 10.0. The molecule has 0 aliphatic carbocycles. The van der Waals surface area contributed by atoms with Crippen LogP contribution in [-0.2, 0) is 22.7 Å². The predicted octanol–water partition coefficient (Wildman–Crippen LogP) is 4.89. The summed E-state index contributed by atoms with van der Waals surface area (Å²) in [4.78, 5) is 38.4. The van der Waals surface area contributed by atoms with E-state index in [0.29, 0.717) is 17.9 Å². The topological polar surface area (TPSA) is 98.1 Å². The Balaban J connectivity index is 1.44. The van der Waals surface area contributed by atoms with E-state index >= 15 is 0 Å². The summed E-state index contributed by atoms with van der Waals surface area (Å²) in [6.07, 6.45) is 1.63. The number of fused-ring (bicyclic) bond motifs is 1. The Morgan fingerprint density at radius 2 is 1.75 bits per heavy atom. The van der Waals surface area contributed by atoms with E-state index in [1.165, 1.54) is 19.2 Å². The molecule has 1 aliphatic heterocycles. The third kappa shape index (κ3) is 4.56. The van der Waals surface area contributed by atoms with Gasteiger partial charge in [0.15, 0.2) is 0 Å². The number of hydrogen-bond donors (Lipinski definition) is 1. The van der Waals surface area contributed by atoms with E-state index in [9.17, 15) is 14.4 Å². The Bertz CT molecular complexity index is 1490. The minimum atomic E-state index is -0.641. The van der Waals surface area contributed by atoms with Crippen molar-refractivity contribution in [3.05, 3.63) is 107 Å². The average molecular weight is 482 g/mol. The van der Waals surface area contributed by atoms with E-state index in [1.54, 1.807) is 6.08 Å². The van der Waals surface area contributed by atoms with E-state index in [4.69, 9.17) is 9.15 Å². The van der Waals surface area contributed by atoms with Gasteiger partial charge in [0.25, 0.3) is 5.91 Å². The lowest BCUT2D eigenvalue weighted by Crippen LogP contribution is -2.30. The Morgan fingerprint density at radius 1 is 0.972 bits per heavy atom. The number of carbonyl (C=O) groups is 3. The number of benzene rings is 3. The molecule has 5 rings (SSSR count). The fraction of sp³-hybridized carbons (Fsp3) is 0.107. The number of nitrogens with one attached hydrogen (secondary N) is 1. The lowest BCUT2D eigenvalue weighted by molar-refractivity contribution is -0.123. The van der Waals surface area contributed by atoms with Crippen LogP contribution in [0.25, 0.3) is 16.8 Å². The summed E-state index contributed by atoms with van der Waals surface area (Å²) in [6.45, 7) is 0.217. The van der Waals surface area contributed by atoms with Crippen molar-refractivity contribution in [2.24, 2.45) is 0 Å². The van der Waals surface area contributed by atoms with Crippen molar-refractivity contribution >= 4 is 34.8 Å². The molecule has 4 aromatic rings. The standard InChI is InChI=1S/C28H22N2O6/c1-34-27(32)25-14-12-20(36-25)16-30-26(31)23(29-28(30)33)15-22-21-10-6-5-9-19(21)11-13-24(22)35-17-18-7-3-2-4-8-18/h2-15H,16-17H2,1H3,(H,29,33). The van der Waals surface area contributed by atoms with E-state index in [-0.39, 0.29) is 23.8 Å².